The number of halogens is 1. The lowest BCUT2D eigenvalue weighted by atomic mass is 10.3. The van der Waals surface area contributed by atoms with Crippen molar-refractivity contribution < 1.29 is 4.74 Å². The Balaban J connectivity index is 1.89. The summed E-state index contributed by atoms with van der Waals surface area (Å²) in [5, 5.41) is 4.84. The standard InChI is InChI=1S/C14H13ClN4O2/c1-8-12-13(19(2)18-8)14(20)17-11(16-12)7-21-10-5-3-9(15)4-6-10/h3-6H,7H2,1-2H3,(H,16,17,20). The van der Waals surface area contributed by atoms with Crippen LogP contribution in [0.3, 0.4) is 0 Å². The maximum atomic E-state index is 12.1. The second kappa shape index (κ2) is 5.21. The van der Waals surface area contributed by atoms with E-state index in [2.05, 4.69) is 15.1 Å². The van der Waals surface area contributed by atoms with Crippen LogP contribution in [0.15, 0.2) is 29.1 Å². The summed E-state index contributed by atoms with van der Waals surface area (Å²) in [7, 11) is 1.72. The fourth-order valence-electron chi connectivity index (χ4n) is 2.14. The molecule has 3 rings (SSSR count). The molecular formula is C14H13ClN4O2. The number of H-pyrrole nitrogens is 1. The molecule has 0 unspecified atom stereocenters. The molecule has 7 heteroatoms. The maximum absolute atomic E-state index is 12.1. The molecule has 0 aliphatic rings. The van der Waals surface area contributed by atoms with Gasteiger partial charge in [-0.15, -0.1) is 0 Å². The zero-order valence-corrected chi connectivity index (χ0v) is 12.3. The third-order valence-corrected chi connectivity index (χ3v) is 3.35. The van der Waals surface area contributed by atoms with Gasteiger partial charge in [0.05, 0.1) is 5.69 Å². The summed E-state index contributed by atoms with van der Waals surface area (Å²) in [5.74, 6) is 1.11. The Hall–Kier alpha value is -2.34. The molecule has 0 spiro atoms. The van der Waals surface area contributed by atoms with E-state index in [9.17, 15) is 4.79 Å². The summed E-state index contributed by atoms with van der Waals surface area (Å²) in [5.41, 5.74) is 1.54. The van der Waals surface area contributed by atoms with Gasteiger partial charge in [-0.1, -0.05) is 11.6 Å². The van der Waals surface area contributed by atoms with E-state index >= 15 is 0 Å². The smallest absolute Gasteiger partial charge is 0.277 e. The number of ether oxygens (including phenoxy) is 1. The summed E-state index contributed by atoms with van der Waals surface area (Å²) in [6.45, 7) is 1.99. The second-order valence-electron chi connectivity index (χ2n) is 4.66. The summed E-state index contributed by atoms with van der Waals surface area (Å²) >= 11 is 5.81. The van der Waals surface area contributed by atoms with Gasteiger partial charge in [0, 0.05) is 12.1 Å². The van der Waals surface area contributed by atoms with Crippen LogP contribution >= 0.6 is 11.6 Å². The Kier molecular flexibility index (Phi) is 3.39. The topological polar surface area (TPSA) is 72.8 Å². The number of rotatable bonds is 3. The third kappa shape index (κ3) is 2.62. The predicted molar refractivity (Wildman–Crippen MR) is 79.7 cm³/mol. The van der Waals surface area contributed by atoms with E-state index in [-0.39, 0.29) is 12.2 Å². The minimum atomic E-state index is -0.224. The van der Waals surface area contributed by atoms with E-state index in [1.54, 1.807) is 31.3 Å². The predicted octanol–water partition coefficient (Wildman–Crippen LogP) is 2.20. The second-order valence-corrected chi connectivity index (χ2v) is 5.10. The molecule has 21 heavy (non-hydrogen) atoms. The Morgan fingerprint density at radius 3 is 2.76 bits per heavy atom. The molecule has 0 amide bonds. The number of hydrogen-bond acceptors (Lipinski definition) is 4. The van der Waals surface area contributed by atoms with Crippen molar-refractivity contribution in [3.05, 3.63) is 51.2 Å². The van der Waals surface area contributed by atoms with Gasteiger partial charge in [-0.2, -0.15) is 5.10 Å². The molecule has 0 atom stereocenters. The first kappa shape index (κ1) is 13.6. The Morgan fingerprint density at radius 2 is 2.05 bits per heavy atom. The lowest BCUT2D eigenvalue weighted by Crippen LogP contribution is -2.15. The lowest BCUT2D eigenvalue weighted by Gasteiger charge is -2.05. The van der Waals surface area contributed by atoms with Crippen LogP contribution in [0.25, 0.3) is 11.0 Å². The zero-order valence-electron chi connectivity index (χ0n) is 11.6. The van der Waals surface area contributed by atoms with Crippen LogP contribution in [0.5, 0.6) is 5.75 Å². The molecular weight excluding hydrogens is 292 g/mol. The summed E-state index contributed by atoms with van der Waals surface area (Å²) in [6.07, 6.45) is 0. The highest BCUT2D eigenvalue weighted by Gasteiger charge is 2.12. The highest BCUT2D eigenvalue weighted by atomic mass is 35.5. The van der Waals surface area contributed by atoms with Crippen molar-refractivity contribution in [3.63, 3.8) is 0 Å². The first-order valence-electron chi connectivity index (χ1n) is 6.35. The first-order valence-corrected chi connectivity index (χ1v) is 6.73. The molecule has 0 aliphatic heterocycles. The Morgan fingerprint density at radius 1 is 1.33 bits per heavy atom. The van der Waals surface area contributed by atoms with Crippen molar-refractivity contribution in [1.82, 2.24) is 19.7 Å². The lowest BCUT2D eigenvalue weighted by molar-refractivity contribution is 0.296. The molecule has 0 aliphatic carbocycles. The zero-order chi connectivity index (χ0) is 15.0. The van der Waals surface area contributed by atoms with Crippen LogP contribution in [-0.2, 0) is 13.7 Å². The molecule has 0 saturated heterocycles. The van der Waals surface area contributed by atoms with Crippen LogP contribution in [0.4, 0.5) is 0 Å². The Labute approximate surface area is 125 Å². The van der Waals surface area contributed by atoms with Gasteiger partial charge in [0.1, 0.15) is 23.7 Å². The normalized spacial score (nSPS) is 11.0. The van der Waals surface area contributed by atoms with Gasteiger partial charge in [0.2, 0.25) is 0 Å². The minimum Gasteiger partial charge on any atom is -0.486 e. The molecule has 3 aromatic rings. The third-order valence-electron chi connectivity index (χ3n) is 3.10. The van der Waals surface area contributed by atoms with Gasteiger partial charge in [0.25, 0.3) is 5.56 Å². The summed E-state index contributed by atoms with van der Waals surface area (Å²) in [6, 6.07) is 6.99. The van der Waals surface area contributed by atoms with Crippen LogP contribution in [0.1, 0.15) is 11.5 Å². The number of fused-ring (bicyclic) bond motifs is 1. The van der Waals surface area contributed by atoms with Crippen molar-refractivity contribution in [2.75, 3.05) is 0 Å². The monoisotopic (exact) mass is 304 g/mol. The number of aromatic nitrogens is 4. The van der Waals surface area contributed by atoms with Crippen LogP contribution < -0.4 is 10.3 Å². The van der Waals surface area contributed by atoms with E-state index < -0.39 is 0 Å². The quantitative estimate of drug-likeness (QED) is 0.805. The number of aromatic amines is 1. The van der Waals surface area contributed by atoms with E-state index in [0.717, 1.165) is 0 Å². The summed E-state index contributed by atoms with van der Waals surface area (Å²) in [4.78, 5) is 19.2. The van der Waals surface area contributed by atoms with Gasteiger partial charge in [-0.3, -0.25) is 9.48 Å². The molecule has 0 saturated carbocycles. The number of nitrogens with zero attached hydrogens (tertiary/aromatic N) is 3. The largest absolute Gasteiger partial charge is 0.486 e. The van der Waals surface area contributed by atoms with Gasteiger partial charge >= 0.3 is 0 Å². The van der Waals surface area contributed by atoms with Gasteiger partial charge in [-0.05, 0) is 31.2 Å². The Bertz CT molecular complexity index is 852. The van der Waals surface area contributed by atoms with Crippen LogP contribution in [-0.4, -0.2) is 19.7 Å². The minimum absolute atomic E-state index is 0.168. The van der Waals surface area contributed by atoms with Crippen LogP contribution in [0, 0.1) is 6.92 Å². The number of benzene rings is 1. The molecule has 0 radical (unpaired) electrons. The van der Waals surface area contributed by atoms with E-state index in [1.807, 2.05) is 6.92 Å². The fraction of sp³-hybridized carbons (Fsp3) is 0.214. The summed E-state index contributed by atoms with van der Waals surface area (Å²) < 4.78 is 7.11. The SMILES string of the molecule is Cc1nn(C)c2c(=O)[nH]c(COc3ccc(Cl)cc3)nc12. The van der Waals surface area contributed by atoms with Crippen molar-refractivity contribution in [1.29, 1.82) is 0 Å². The average molecular weight is 305 g/mol. The molecule has 1 aromatic carbocycles. The molecule has 2 heterocycles. The molecule has 1 N–H and O–H groups in total. The van der Waals surface area contributed by atoms with Crippen molar-refractivity contribution in [3.8, 4) is 5.75 Å². The highest BCUT2D eigenvalue weighted by molar-refractivity contribution is 6.30. The molecule has 6 nitrogen and oxygen atoms in total. The molecule has 0 fully saturated rings. The van der Waals surface area contributed by atoms with E-state index in [0.29, 0.717) is 33.3 Å². The number of aryl methyl sites for hydroxylation is 2. The first-order chi connectivity index (χ1) is 10.0. The van der Waals surface area contributed by atoms with E-state index in [1.165, 1.54) is 4.68 Å². The average Bonchev–Trinajstić information content (AvgIpc) is 2.74. The number of nitrogens with one attached hydrogen (secondary N) is 1. The molecule has 2 aromatic heterocycles. The van der Waals surface area contributed by atoms with Crippen molar-refractivity contribution in [2.24, 2.45) is 7.05 Å². The van der Waals surface area contributed by atoms with Crippen molar-refractivity contribution >= 4 is 22.6 Å². The number of hydrogen-bond donors (Lipinski definition) is 1. The molecule has 108 valence electrons. The van der Waals surface area contributed by atoms with Gasteiger partial charge in [0.15, 0.2) is 5.52 Å². The highest BCUT2D eigenvalue weighted by Crippen LogP contribution is 2.17. The van der Waals surface area contributed by atoms with Gasteiger partial charge < -0.3 is 9.72 Å². The van der Waals surface area contributed by atoms with Crippen molar-refractivity contribution in [2.45, 2.75) is 13.5 Å². The molecule has 0 bridgehead atoms. The van der Waals surface area contributed by atoms with Crippen LogP contribution in [0.2, 0.25) is 5.02 Å². The van der Waals surface area contributed by atoms with Gasteiger partial charge in [-0.25, -0.2) is 4.98 Å². The maximum Gasteiger partial charge on any atom is 0.277 e. The fourth-order valence-corrected chi connectivity index (χ4v) is 2.27. The van der Waals surface area contributed by atoms with E-state index in [4.69, 9.17) is 16.3 Å².